The Morgan fingerprint density at radius 2 is 1.88 bits per heavy atom. The predicted molar refractivity (Wildman–Crippen MR) is 103 cm³/mol. The van der Waals surface area contributed by atoms with E-state index in [-0.39, 0.29) is 30.7 Å². The van der Waals surface area contributed by atoms with Crippen LogP contribution in [0.5, 0.6) is 0 Å². The Balaban J connectivity index is 0.00000264. The van der Waals surface area contributed by atoms with Gasteiger partial charge in [0.15, 0.2) is 0 Å². The number of rotatable bonds is 7. The highest BCUT2D eigenvalue weighted by Crippen LogP contribution is 2.29. The van der Waals surface area contributed by atoms with E-state index >= 15 is 0 Å². The number of nitrogens with one attached hydrogen (secondary N) is 1. The molecule has 0 unspecified atom stereocenters. The normalized spacial score (nSPS) is 15.6. The molecule has 5 nitrogen and oxygen atoms in total. The van der Waals surface area contributed by atoms with E-state index in [0.29, 0.717) is 26.3 Å². The Bertz CT molecular complexity index is 468. The predicted octanol–water partition coefficient (Wildman–Crippen LogP) is 2.23. The van der Waals surface area contributed by atoms with E-state index in [4.69, 9.17) is 10.5 Å². The van der Waals surface area contributed by atoms with Gasteiger partial charge in [-0.2, -0.15) is 0 Å². The summed E-state index contributed by atoms with van der Waals surface area (Å²) < 4.78 is 5.34. The maximum atomic E-state index is 12.4. The number of hydrogen-bond donors (Lipinski definition) is 2. The number of nitrogens with zero attached hydrogens (tertiary/aromatic N) is 1. The Morgan fingerprint density at radius 3 is 2.46 bits per heavy atom. The molecule has 1 aromatic rings. The Kier molecular flexibility index (Phi) is 11.0. The average Bonchev–Trinajstić information content (AvgIpc) is 2.59. The fraction of sp³-hybridized carbons (Fsp3) is 0.588. The quantitative estimate of drug-likeness (QED) is 0.714. The van der Waals surface area contributed by atoms with Gasteiger partial charge < -0.3 is 20.7 Å². The van der Waals surface area contributed by atoms with E-state index in [9.17, 15) is 4.79 Å². The molecule has 7 heteroatoms. The van der Waals surface area contributed by atoms with Crippen LogP contribution in [0, 0.1) is 5.41 Å². The molecule has 1 aliphatic rings. The van der Waals surface area contributed by atoms with Crippen molar-refractivity contribution >= 4 is 36.4 Å². The summed E-state index contributed by atoms with van der Waals surface area (Å²) in [5.41, 5.74) is 6.61. The first-order valence-corrected chi connectivity index (χ1v) is 8.00. The molecule has 0 radical (unpaired) electrons. The van der Waals surface area contributed by atoms with Crippen molar-refractivity contribution in [1.29, 1.82) is 0 Å². The van der Waals surface area contributed by atoms with Gasteiger partial charge in [0.2, 0.25) is 5.91 Å². The summed E-state index contributed by atoms with van der Waals surface area (Å²) in [5, 5.41) is 3.05. The molecule has 1 fully saturated rings. The lowest BCUT2D eigenvalue weighted by Crippen LogP contribution is -2.49. The number of amides is 1. The second kappa shape index (κ2) is 11.5. The molecule has 24 heavy (non-hydrogen) atoms. The Hall–Kier alpha value is -1.01. The molecule has 1 aliphatic heterocycles. The molecule has 0 spiro atoms. The minimum Gasteiger partial charge on any atom is -0.381 e. The smallest absolute Gasteiger partial charge is 0.227 e. The summed E-state index contributed by atoms with van der Waals surface area (Å²) in [5.74, 6) is 0.0839. The topological polar surface area (TPSA) is 67.6 Å². The Morgan fingerprint density at radius 1 is 1.25 bits per heavy atom. The molecule has 2 rings (SSSR count). The zero-order valence-corrected chi connectivity index (χ0v) is 15.8. The zero-order valence-electron chi connectivity index (χ0n) is 14.2. The van der Waals surface area contributed by atoms with Gasteiger partial charge in [-0.15, -0.1) is 24.8 Å². The summed E-state index contributed by atoms with van der Waals surface area (Å²) in [7, 11) is 2.07. The van der Waals surface area contributed by atoms with Gasteiger partial charge in [0, 0.05) is 45.6 Å². The van der Waals surface area contributed by atoms with Gasteiger partial charge in [0.25, 0.3) is 0 Å². The zero-order chi connectivity index (χ0) is 15.8. The van der Waals surface area contributed by atoms with Crippen molar-refractivity contribution in [3.63, 3.8) is 0 Å². The second-order valence-electron chi connectivity index (χ2n) is 5.96. The van der Waals surface area contributed by atoms with Crippen LogP contribution in [0.1, 0.15) is 19.3 Å². The van der Waals surface area contributed by atoms with Crippen molar-refractivity contribution in [2.24, 2.45) is 11.1 Å². The van der Waals surface area contributed by atoms with Crippen molar-refractivity contribution in [2.75, 3.05) is 44.8 Å². The maximum Gasteiger partial charge on any atom is 0.227 e. The van der Waals surface area contributed by atoms with Gasteiger partial charge >= 0.3 is 0 Å². The van der Waals surface area contributed by atoms with Crippen LogP contribution < -0.4 is 16.0 Å². The maximum absolute atomic E-state index is 12.4. The van der Waals surface area contributed by atoms with Gasteiger partial charge in [0.1, 0.15) is 0 Å². The number of carbonyl (C=O) groups excluding carboxylic acids is 1. The molecule has 1 amide bonds. The van der Waals surface area contributed by atoms with Crippen molar-refractivity contribution in [3.05, 3.63) is 30.3 Å². The fourth-order valence-corrected chi connectivity index (χ4v) is 2.80. The SMILES string of the molecule is CN(CCCNC(=O)C1(CN)CCOCC1)c1ccccc1.Cl.Cl. The Labute approximate surface area is 157 Å². The molecule has 0 atom stereocenters. The number of halogens is 2. The summed E-state index contributed by atoms with van der Waals surface area (Å²) >= 11 is 0. The van der Waals surface area contributed by atoms with Crippen LogP contribution in [-0.2, 0) is 9.53 Å². The van der Waals surface area contributed by atoms with Gasteiger partial charge in [0.05, 0.1) is 5.41 Å². The van der Waals surface area contributed by atoms with Gasteiger partial charge in [-0.25, -0.2) is 0 Å². The van der Waals surface area contributed by atoms with Crippen molar-refractivity contribution in [2.45, 2.75) is 19.3 Å². The highest BCUT2D eigenvalue weighted by molar-refractivity contribution is 5.85. The minimum absolute atomic E-state index is 0. The van der Waals surface area contributed by atoms with Crippen LogP contribution in [0.15, 0.2) is 30.3 Å². The number of ether oxygens (including phenoxy) is 1. The van der Waals surface area contributed by atoms with E-state index in [2.05, 4.69) is 29.4 Å². The molecule has 1 saturated heterocycles. The van der Waals surface area contributed by atoms with Crippen molar-refractivity contribution < 1.29 is 9.53 Å². The molecule has 3 N–H and O–H groups in total. The van der Waals surface area contributed by atoms with Crippen LogP contribution in [0.4, 0.5) is 5.69 Å². The third-order valence-corrected chi connectivity index (χ3v) is 4.48. The van der Waals surface area contributed by atoms with Gasteiger partial charge in [-0.05, 0) is 31.4 Å². The molecule has 0 aliphatic carbocycles. The van der Waals surface area contributed by atoms with Crippen molar-refractivity contribution in [1.82, 2.24) is 5.32 Å². The van der Waals surface area contributed by atoms with Crippen LogP contribution in [0.2, 0.25) is 0 Å². The summed E-state index contributed by atoms with van der Waals surface area (Å²) in [6, 6.07) is 10.2. The van der Waals surface area contributed by atoms with Gasteiger partial charge in [-0.3, -0.25) is 4.79 Å². The average molecular weight is 378 g/mol. The number of benzene rings is 1. The monoisotopic (exact) mass is 377 g/mol. The molecule has 138 valence electrons. The number of para-hydroxylation sites is 1. The minimum atomic E-state index is -0.427. The highest BCUT2D eigenvalue weighted by atomic mass is 35.5. The number of nitrogens with two attached hydrogens (primary N) is 1. The van der Waals surface area contributed by atoms with E-state index in [0.717, 1.165) is 25.8 Å². The number of carbonyl (C=O) groups is 1. The largest absolute Gasteiger partial charge is 0.381 e. The summed E-state index contributed by atoms with van der Waals surface area (Å²) in [6.07, 6.45) is 2.35. The lowest BCUT2D eigenvalue weighted by Gasteiger charge is -2.34. The highest BCUT2D eigenvalue weighted by Gasteiger charge is 2.38. The third-order valence-electron chi connectivity index (χ3n) is 4.48. The first-order chi connectivity index (χ1) is 10.7. The lowest BCUT2D eigenvalue weighted by molar-refractivity contribution is -0.135. The molecule has 1 heterocycles. The molecular weight excluding hydrogens is 349 g/mol. The van der Waals surface area contributed by atoms with Gasteiger partial charge in [-0.1, -0.05) is 18.2 Å². The van der Waals surface area contributed by atoms with E-state index in [1.807, 2.05) is 18.2 Å². The molecule has 1 aromatic carbocycles. The van der Waals surface area contributed by atoms with Crippen LogP contribution in [-0.4, -0.2) is 45.8 Å². The standard InChI is InChI=1S/C17H27N3O2.2ClH/c1-20(15-6-3-2-4-7-15)11-5-10-19-16(21)17(14-18)8-12-22-13-9-17;;/h2-4,6-7H,5,8-14,18H2,1H3,(H,19,21);2*1H. The fourth-order valence-electron chi connectivity index (χ4n) is 2.80. The number of hydrogen-bond acceptors (Lipinski definition) is 4. The lowest BCUT2D eigenvalue weighted by atomic mass is 9.79. The molecule has 0 saturated carbocycles. The molecule has 0 aromatic heterocycles. The first kappa shape index (κ1) is 23.0. The van der Waals surface area contributed by atoms with E-state index in [1.165, 1.54) is 5.69 Å². The number of anilines is 1. The summed E-state index contributed by atoms with van der Waals surface area (Å²) in [4.78, 5) is 14.6. The third kappa shape index (κ3) is 6.13. The van der Waals surface area contributed by atoms with Crippen LogP contribution >= 0.6 is 24.8 Å². The summed E-state index contributed by atoms with van der Waals surface area (Å²) in [6.45, 7) is 3.23. The van der Waals surface area contributed by atoms with E-state index < -0.39 is 5.41 Å². The molecule has 0 bridgehead atoms. The van der Waals surface area contributed by atoms with Crippen molar-refractivity contribution in [3.8, 4) is 0 Å². The molecular formula is C17H29Cl2N3O2. The van der Waals surface area contributed by atoms with E-state index in [1.54, 1.807) is 0 Å². The second-order valence-corrected chi connectivity index (χ2v) is 5.96. The van der Waals surface area contributed by atoms with Crippen LogP contribution in [0.25, 0.3) is 0 Å². The first-order valence-electron chi connectivity index (χ1n) is 8.00. The van der Waals surface area contributed by atoms with Crippen LogP contribution in [0.3, 0.4) is 0 Å².